The van der Waals surface area contributed by atoms with Crippen LogP contribution < -0.4 is 11.1 Å². The highest BCUT2D eigenvalue weighted by atomic mass is 35.5. The molecule has 0 spiro atoms. The molecular weight excluding hydrogens is 412 g/mol. The summed E-state index contributed by atoms with van der Waals surface area (Å²) in [4.78, 5) is 9.44. The van der Waals surface area contributed by atoms with Crippen LogP contribution in [0.4, 0.5) is 11.8 Å². The standard InChI is InChI=1S/C23H23ClN6O/c24-17-10-8-16(9-11-17)20-19-21(25)30(14-15-5-2-1-3-6-15)29-22(19)28-23(27-20)26-13-18-7-4-12-31-18/h1-3,5-6,8-11,18H,4,7,12-14,25H2,(H,26,28,29). The number of nitrogens with two attached hydrogens (primary N) is 1. The van der Waals surface area contributed by atoms with E-state index in [0.29, 0.717) is 35.5 Å². The van der Waals surface area contributed by atoms with Gasteiger partial charge in [-0.15, -0.1) is 5.10 Å². The maximum absolute atomic E-state index is 6.53. The monoisotopic (exact) mass is 434 g/mol. The molecule has 0 radical (unpaired) electrons. The van der Waals surface area contributed by atoms with Crippen molar-refractivity contribution in [2.45, 2.75) is 25.5 Å². The largest absolute Gasteiger partial charge is 0.383 e. The van der Waals surface area contributed by atoms with Crippen molar-refractivity contribution in [3.8, 4) is 11.3 Å². The van der Waals surface area contributed by atoms with Gasteiger partial charge in [-0.2, -0.15) is 4.98 Å². The van der Waals surface area contributed by atoms with E-state index in [4.69, 9.17) is 32.2 Å². The Hall–Kier alpha value is -3.16. The van der Waals surface area contributed by atoms with Crippen LogP contribution in [0.15, 0.2) is 54.6 Å². The molecule has 0 aliphatic carbocycles. The SMILES string of the molecule is Nc1c2c(-c3ccc(Cl)cc3)nc(NCC3CCCO3)nc2nn1Cc1ccccc1. The van der Waals surface area contributed by atoms with E-state index in [0.717, 1.165) is 41.7 Å². The summed E-state index contributed by atoms with van der Waals surface area (Å²) in [6.45, 7) is 2.02. The number of nitrogens with one attached hydrogen (secondary N) is 1. The van der Waals surface area contributed by atoms with E-state index in [1.807, 2.05) is 54.6 Å². The topological polar surface area (TPSA) is 90.9 Å². The molecule has 1 aliphatic rings. The number of hydrogen-bond donors (Lipinski definition) is 2. The Kier molecular flexibility index (Phi) is 5.44. The Bertz CT molecular complexity index is 1190. The highest BCUT2D eigenvalue weighted by Crippen LogP contribution is 2.32. The number of benzene rings is 2. The Morgan fingerprint density at radius 1 is 1.10 bits per heavy atom. The fourth-order valence-electron chi connectivity index (χ4n) is 3.84. The molecule has 2 aromatic carbocycles. The van der Waals surface area contributed by atoms with E-state index < -0.39 is 0 Å². The molecule has 158 valence electrons. The first kappa shape index (κ1) is 19.8. The molecule has 0 bridgehead atoms. The van der Waals surface area contributed by atoms with Crippen molar-refractivity contribution in [3.63, 3.8) is 0 Å². The van der Waals surface area contributed by atoms with Gasteiger partial charge in [0.15, 0.2) is 5.65 Å². The Balaban J connectivity index is 1.56. The van der Waals surface area contributed by atoms with E-state index in [9.17, 15) is 0 Å². The summed E-state index contributed by atoms with van der Waals surface area (Å²) in [5.74, 6) is 1.05. The fraction of sp³-hybridized carbons (Fsp3) is 0.261. The quantitative estimate of drug-likeness (QED) is 0.468. The molecule has 3 heterocycles. The van der Waals surface area contributed by atoms with Crippen LogP contribution in [0.3, 0.4) is 0 Å². The predicted octanol–water partition coefficient (Wildman–Crippen LogP) is 4.37. The van der Waals surface area contributed by atoms with Crippen molar-refractivity contribution in [2.75, 3.05) is 24.2 Å². The van der Waals surface area contributed by atoms with Gasteiger partial charge < -0.3 is 15.8 Å². The van der Waals surface area contributed by atoms with Gasteiger partial charge in [-0.3, -0.25) is 0 Å². The minimum Gasteiger partial charge on any atom is -0.383 e. The molecular formula is C23H23ClN6O. The smallest absolute Gasteiger partial charge is 0.225 e. The van der Waals surface area contributed by atoms with E-state index >= 15 is 0 Å². The van der Waals surface area contributed by atoms with Crippen molar-refractivity contribution in [1.82, 2.24) is 19.7 Å². The molecule has 1 unspecified atom stereocenters. The van der Waals surface area contributed by atoms with Gasteiger partial charge in [-0.1, -0.05) is 54.1 Å². The molecule has 7 nitrogen and oxygen atoms in total. The van der Waals surface area contributed by atoms with Crippen LogP contribution >= 0.6 is 11.6 Å². The van der Waals surface area contributed by atoms with Gasteiger partial charge in [-0.05, 0) is 30.5 Å². The van der Waals surface area contributed by atoms with Gasteiger partial charge in [0.05, 0.1) is 23.7 Å². The number of hydrogen-bond acceptors (Lipinski definition) is 6. The van der Waals surface area contributed by atoms with Crippen LogP contribution in [-0.4, -0.2) is 39.0 Å². The molecule has 1 fully saturated rings. The highest BCUT2D eigenvalue weighted by molar-refractivity contribution is 6.30. The van der Waals surface area contributed by atoms with Crippen molar-refractivity contribution in [2.24, 2.45) is 0 Å². The molecule has 3 N–H and O–H groups in total. The number of halogens is 1. The first-order valence-corrected chi connectivity index (χ1v) is 10.7. The lowest BCUT2D eigenvalue weighted by Crippen LogP contribution is -2.19. The minimum absolute atomic E-state index is 0.180. The summed E-state index contributed by atoms with van der Waals surface area (Å²) in [5.41, 5.74) is 9.84. The number of rotatable bonds is 6. The van der Waals surface area contributed by atoms with Gasteiger partial charge in [0.25, 0.3) is 0 Å². The first-order chi connectivity index (χ1) is 15.2. The summed E-state index contributed by atoms with van der Waals surface area (Å²) < 4.78 is 7.48. The number of nitrogen functional groups attached to an aromatic ring is 1. The maximum atomic E-state index is 6.53. The van der Waals surface area contributed by atoms with E-state index in [-0.39, 0.29) is 6.10 Å². The molecule has 31 heavy (non-hydrogen) atoms. The van der Waals surface area contributed by atoms with Crippen molar-refractivity contribution in [1.29, 1.82) is 0 Å². The molecule has 8 heteroatoms. The first-order valence-electron chi connectivity index (χ1n) is 10.4. The number of nitrogens with zero attached hydrogens (tertiary/aromatic N) is 4. The second-order valence-corrected chi connectivity index (χ2v) is 8.08. The third kappa shape index (κ3) is 4.19. The van der Waals surface area contributed by atoms with Gasteiger partial charge in [-0.25, -0.2) is 9.67 Å². The van der Waals surface area contributed by atoms with Crippen LogP contribution in [0.2, 0.25) is 5.02 Å². The van der Waals surface area contributed by atoms with E-state index in [1.165, 1.54) is 0 Å². The normalized spacial score (nSPS) is 16.1. The van der Waals surface area contributed by atoms with Gasteiger partial charge in [0, 0.05) is 23.7 Å². The lowest BCUT2D eigenvalue weighted by atomic mass is 10.1. The lowest BCUT2D eigenvalue weighted by molar-refractivity contribution is 0.120. The van der Waals surface area contributed by atoms with Crippen LogP contribution in [0.25, 0.3) is 22.3 Å². The Labute approximate surface area is 185 Å². The molecule has 2 aromatic heterocycles. The van der Waals surface area contributed by atoms with E-state index in [2.05, 4.69) is 10.3 Å². The van der Waals surface area contributed by atoms with E-state index in [1.54, 1.807) is 4.68 Å². The Morgan fingerprint density at radius 2 is 1.90 bits per heavy atom. The van der Waals surface area contributed by atoms with Crippen molar-refractivity contribution in [3.05, 3.63) is 65.2 Å². The average Bonchev–Trinajstić information content (AvgIpc) is 3.41. The average molecular weight is 435 g/mol. The number of aromatic nitrogens is 4. The summed E-state index contributed by atoms with van der Waals surface area (Å²) in [5, 5.41) is 9.41. The number of anilines is 2. The lowest BCUT2D eigenvalue weighted by Gasteiger charge is -2.12. The summed E-state index contributed by atoms with van der Waals surface area (Å²) in [6, 6.07) is 17.6. The van der Waals surface area contributed by atoms with Crippen molar-refractivity contribution >= 4 is 34.4 Å². The van der Waals surface area contributed by atoms with Crippen molar-refractivity contribution < 1.29 is 4.74 Å². The predicted molar refractivity (Wildman–Crippen MR) is 123 cm³/mol. The third-order valence-corrected chi connectivity index (χ3v) is 5.70. The second-order valence-electron chi connectivity index (χ2n) is 7.65. The molecule has 4 aromatic rings. The van der Waals surface area contributed by atoms with Gasteiger partial charge >= 0.3 is 0 Å². The van der Waals surface area contributed by atoms with Crippen LogP contribution in [-0.2, 0) is 11.3 Å². The Morgan fingerprint density at radius 3 is 2.65 bits per heavy atom. The van der Waals surface area contributed by atoms with Crippen LogP contribution in [0, 0.1) is 0 Å². The molecule has 1 aliphatic heterocycles. The maximum Gasteiger partial charge on any atom is 0.225 e. The molecule has 0 amide bonds. The number of fused-ring (bicyclic) bond motifs is 1. The summed E-state index contributed by atoms with van der Waals surface area (Å²) >= 11 is 6.10. The highest BCUT2D eigenvalue weighted by Gasteiger charge is 2.20. The van der Waals surface area contributed by atoms with Gasteiger partial charge in [0.2, 0.25) is 5.95 Å². The summed E-state index contributed by atoms with van der Waals surface area (Å²) in [7, 11) is 0. The zero-order valence-corrected chi connectivity index (χ0v) is 17.7. The fourth-order valence-corrected chi connectivity index (χ4v) is 3.96. The van der Waals surface area contributed by atoms with Crippen LogP contribution in [0.5, 0.6) is 0 Å². The second kappa shape index (κ2) is 8.53. The molecule has 0 saturated carbocycles. The van der Waals surface area contributed by atoms with Crippen LogP contribution in [0.1, 0.15) is 18.4 Å². The molecule has 1 saturated heterocycles. The third-order valence-electron chi connectivity index (χ3n) is 5.44. The molecule has 5 rings (SSSR count). The van der Waals surface area contributed by atoms with Gasteiger partial charge in [0.1, 0.15) is 5.82 Å². The zero-order valence-electron chi connectivity index (χ0n) is 17.0. The summed E-state index contributed by atoms with van der Waals surface area (Å²) in [6.07, 6.45) is 2.31. The minimum atomic E-state index is 0.180. The zero-order chi connectivity index (χ0) is 21.2. The number of ether oxygens (including phenoxy) is 1. The molecule has 1 atom stereocenters.